The van der Waals surface area contributed by atoms with Crippen LogP contribution in [0, 0.1) is 0 Å². The van der Waals surface area contributed by atoms with Gasteiger partial charge in [0.2, 0.25) is 0 Å². The summed E-state index contributed by atoms with van der Waals surface area (Å²) < 4.78 is 0. The second-order valence-electron chi connectivity index (χ2n) is 7.08. The summed E-state index contributed by atoms with van der Waals surface area (Å²) in [6.45, 7) is 17.2. The highest BCUT2D eigenvalue weighted by atomic mass is 16.5. The standard InChI is InChI=1S/C14H30N2O/c1-8-14(9-2)11-15(12(3,4)5)10-13(6,7)16(14)17/h17H,8-11H2,1-7H3. The lowest BCUT2D eigenvalue weighted by molar-refractivity contribution is -0.272. The van der Waals surface area contributed by atoms with E-state index in [1.807, 2.05) is 0 Å². The molecule has 1 aliphatic heterocycles. The van der Waals surface area contributed by atoms with Crippen LogP contribution in [0.4, 0.5) is 0 Å². The smallest absolute Gasteiger partial charge is 0.0588 e. The average molecular weight is 242 g/mol. The molecule has 0 amide bonds. The summed E-state index contributed by atoms with van der Waals surface area (Å²) in [4.78, 5) is 2.51. The third-order valence-corrected chi connectivity index (χ3v) is 4.35. The molecule has 0 unspecified atom stereocenters. The van der Waals surface area contributed by atoms with E-state index >= 15 is 0 Å². The van der Waals surface area contributed by atoms with Gasteiger partial charge in [-0.2, -0.15) is 5.06 Å². The van der Waals surface area contributed by atoms with Gasteiger partial charge in [-0.15, -0.1) is 0 Å². The Morgan fingerprint density at radius 1 is 1.06 bits per heavy atom. The molecule has 0 saturated carbocycles. The SMILES string of the molecule is CCC1(CC)CN(C(C)(C)C)CC(C)(C)N1O. The van der Waals surface area contributed by atoms with E-state index in [1.165, 1.54) is 0 Å². The van der Waals surface area contributed by atoms with E-state index in [4.69, 9.17) is 0 Å². The molecule has 1 rings (SSSR count). The molecular formula is C14H30N2O. The van der Waals surface area contributed by atoms with Gasteiger partial charge < -0.3 is 5.21 Å². The Bertz CT molecular complexity index is 264. The van der Waals surface area contributed by atoms with Crippen molar-refractivity contribution in [3.63, 3.8) is 0 Å². The summed E-state index contributed by atoms with van der Waals surface area (Å²) >= 11 is 0. The van der Waals surface area contributed by atoms with Crippen LogP contribution < -0.4 is 0 Å². The van der Waals surface area contributed by atoms with Crippen molar-refractivity contribution >= 4 is 0 Å². The summed E-state index contributed by atoms with van der Waals surface area (Å²) in [5.74, 6) is 0. The maximum Gasteiger partial charge on any atom is 0.0588 e. The summed E-state index contributed by atoms with van der Waals surface area (Å²) in [6.07, 6.45) is 1.96. The molecule has 0 aliphatic carbocycles. The lowest BCUT2D eigenvalue weighted by Crippen LogP contribution is -2.71. The minimum absolute atomic E-state index is 0.102. The van der Waals surface area contributed by atoms with Crippen LogP contribution in [-0.4, -0.2) is 44.9 Å². The fourth-order valence-electron chi connectivity index (χ4n) is 2.90. The summed E-state index contributed by atoms with van der Waals surface area (Å²) in [5.41, 5.74) is -0.124. The highest BCUT2D eigenvalue weighted by Gasteiger charge is 2.49. The zero-order valence-corrected chi connectivity index (χ0v) is 12.7. The van der Waals surface area contributed by atoms with E-state index in [0.29, 0.717) is 0 Å². The van der Waals surface area contributed by atoms with E-state index in [1.54, 1.807) is 5.06 Å². The third kappa shape index (κ3) is 2.67. The molecule has 1 heterocycles. The molecule has 17 heavy (non-hydrogen) atoms. The van der Waals surface area contributed by atoms with E-state index in [9.17, 15) is 5.21 Å². The van der Waals surface area contributed by atoms with E-state index in [2.05, 4.69) is 53.4 Å². The first-order chi connectivity index (χ1) is 7.59. The molecule has 0 atom stereocenters. The van der Waals surface area contributed by atoms with E-state index < -0.39 is 0 Å². The van der Waals surface area contributed by atoms with Gasteiger partial charge in [0.15, 0.2) is 0 Å². The second kappa shape index (κ2) is 4.52. The van der Waals surface area contributed by atoms with Gasteiger partial charge in [0.25, 0.3) is 0 Å². The first-order valence-electron chi connectivity index (χ1n) is 6.83. The zero-order valence-electron chi connectivity index (χ0n) is 12.7. The van der Waals surface area contributed by atoms with Crippen molar-refractivity contribution in [3.8, 4) is 0 Å². The number of nitrogens with zero attached hydrogens (tertiary/aromatic N) is 2. The molecule has 0 spiro atoms. The minimum Gasteiger partial charge on any atom is -0.313 e. The van der Waals surface area contributed by atoms with E-state index in [-0.39, 0.29) is 16.6 Å². The van der Waals surface area contributed by atoms with Gasteiger partial charge in [0.05, 0.1) is 11.1 Å². The molecule has 0 radical (unpaired) electrons. The normalized spacial score (nSPS) is 26.1. The van der Waals surface area contributed by atoms with Crippen LogP contribution in [0.5, 0.6) is 0 Å². The topological polar surface area (TPSA) is 26.7 Å². The fraction of sp³-hybridized carbons (Fsp3) is 1.00. The Labute approximate surface area is 107 Å². The van der Waals surface area contributed by atoms with Crippen LogP contribution >= 0.6 is 0 Å². The Kier molecular flexibility index (Phi) is 3.98. The monoisotopic (exact) mass is 242 g/mol. The molecule has 1 aliphatic rings. The molecule has 102 valence electrons. The van der Waals surface area contributed by atoms with Crippen LogP contribution in [0.3, 0.4) is 0 Å². The number of piperazine rings is 1. The molecule has 0 bridgehead atoms. The van der Waals surface area contributed by atoms with Crippen molar-refractivity contribution in [1.82, 2.24) is 9.96 Å². The highest BCUT2D eigenvalue weighted by molar-refractivity contribution is 5.02. The Morgan fingerprint density at radius 2 is 1.53 bits per heavy atom. The van der Waals surface area contributed by atoms with Crippen molar-refractivity contribution in [2.45, 2.75) is 77.9 Å². The summed E-state index contributed by atoms with van der Waals surface area (Å²) in [7, 11) is 0. The molecule has 3 heteroatoms. The lowest BCUT2D eigenvalue weighted by atomic mass is 9.81. The number of hydrogen-bond acceptors (Lipinski definition) is 3. The summed E-state index contributed by atoms with van der Waals surface area (Å²) in [5, 5.41) is 12.2. The van der Waals surface area contributed by atoms with Crippen LogP contribution in [0.2, 0.25) is 0 Å². The molecule has 0 aromatic carbocycles. The highest BCUT2D eigenvalue weighted by Crippen LogP contribution is 2.37. The minimum atomic E-state index is -0.183. The van der Waals surface area contributed by atoms with Crippen molar-refractivity contribution < 1.29 is 5.21 Å². The second-order valence-corrected chi connectivity index (χ2v) is 7.08. The maximum atomic E-state index is 10.5. The number of hydroxylamine groups is 2. The van der Waals surface area contributed by atoms with Gasteiger partial charge in [0.1, 0.15) is 0 Å². The first kappa shape index (κ1) is 14.9. The first-order valence-corrected chi connectivity index (χ1v) is 6.83. The molecule has 0 aromatic heterocycles. The zero-order chi connectivity index (χ0) is 13.5. The molecule has 3 nitrogen and oxygen atoms in total. The fourth-order valence-corrected chi connectivity index (χ4v) is 2.90. The van der Waals surface area contributed by atoms with Gasteiger partial charge in [-0.25, -0.2) is 0 Å². The third-order valence-electron chi connectivity index (χ3n) is 4.35. The van der Waals surface area contributed by atoms with Gasteiger partial charge in [-0.05, 0) is 47.5 Å². The molecule has 1 fully saturated rings. The quantitative estimate of drug-likeness (QED) is 0.806. The predicted octanol–water partition coefficient (Wildman–Crippen LogP) is 3.13. The molecule has 0 aromatic rings. The van der Waals surface area contributed by atoms with Crippen LogP contribution in [0.15, 0.2) is 0 Å². The Hall–Kier alpha value is -0.120. The van der Waals surface area contributed by atoms with Gasteiger partial charge >= 0.3 is 0 Å². The number of rotatable bonds is 2. The maximum absolute atomic E-state index is 10.5. The van der Waals surface area contributed by atoms with Gasteiger partial charge in [-0.3, -0.25) is 4.90 Å². The Balaban J connectivity index is 3.08. The predicted molar refractivity (Wildman–Crippen MR) is 72.3 cm³/mol. The largest absolute Gasteiger partial charge is 0.313 e. The molecule has 1 saturated heterocycles. The van der Waals surface area contributed by atoms with Gasteiger partial charge in [0, 0.05) is 18.6 Å². The molecular weight excluding hydrogens is 212 g/mol. The van der Waals surface area contributed by atoms with Crippen LogP contribution in [0.1, 0.15) is 61.3 Å². The average Bonchev–Trinajstić information content (AvgIpc) is 2.21. The van der Waals surface area contributed by atoms with Crippen LogP contribution in [-0.2, 0) is 0 Å². The summed E-state index contributed by atoms with van der Waals surface area (Å²) in [6, 6.07) is 0. The molecule has 1 N–H and O–H groups in total. The van der Waals surface area contributed by atoms with Crippen molar-refractivity contribution in [3.05, 3.63) is 0 Å². The van der Waals surface area contributed by atoms with E-state index in [0.717, 1.165) is 25.9 Å². The Morgan fingerprint density at radius 3 is 1.88 bits per heavy atom. The van der Waals surface area contributed by atoms with Crippen LogP contribution in [0.25, 0.3) is 0 Å². The van der Waals surface area contributed by atoms with Crippen molar-refractivity contribution in [2.24, 2.45) is 0 Å². The van der Waals surface area contributed by atoms with Crippen molar-refractivity contribution in [2.75, 3.05) is 13.1 Å². The number of hydrogen-bond donors (Lipinski definition) is 1. The van der Waals surface area contributed by atoms with Gasteiger partial charge in [-0.1, -0.05) is 13.8 Å². The van der Waals surface area contributed by atoms with Crippen molar-refractivity contribution in [1.29, 1.82) is 0 Å². The lowest BCUT2D eigenvalue weighted by Gasteiger charge is -2.58.